The van der Waals surface area contributed by atoms with Crippen LogP contribution in [-0.4, -0.2) is 73.1 Å². The summed E-state index contributed by atoms with van der Waals surface area (Å²) in [6, 6.07) is 9.36. The van der Waals surface area contributed by atoms with Gasteiger partial charge < -0.3 is 19.5 Å². The van der Waals surface area contributed by atoms with Gasteiger partial charge in [0.05, 0.1) is 37.0 Å². The Kier molecular flexibility index (Phi) is 7.50. The number of aliphatic hydroxyl groups is 1. The minimum Gasteiger partial charge on any atom is -0.507 e. The zero-order valence-corrected chi connectivity index (χ0v) is 19.6. The predicted molar refractivity (Wildman–Crippen MR) is 125 cm³/mol. The minimum atomic E-state index is -0.842. The highest BCUT2D eigenvalue weighted by molar-refractivity contribution is 6.46. The number of ketones is 1. The zero-order valence-electron chi connectivity index (χ0n) is 18.8. The first-order chi connectivity index (χ1) is 16.4. The summed E-state index contributed by atoms with van der Waals surface area (Å²) in [6.07, 6.45) is 0.638. The van der Waals surface area contributed by atoms with Crippen LogP contribution in [0.15, 0.2) is 48.0 Å². The molecule has 34 heavy (non-hydrogen) atoms. The number of amides is 1. The molecule has 0 spiro atoms. The number of methoxy groups -OCH3 is 1. The first-order valence-corrected chi connectivity index (χ1v) is 11.5. The summed E-state index contributed by atoms with van der Waals surface area (Å²) < 4.78 is 24.1. The molecule has 2 aliphatic heterocycles. The molecule has 0 bridgehead atoms. The number of Topliss-reactive ketones (excluding diaryl/α,β-unsaturated/α-hetero) is 1. The molecule has 1 amide bonds. The molecular weight excluding hydrogens is 463 g/mol. The van der Waals surface area contributed by atoms with E-state index in [1.807, 2.05) is 0 Å². The van der Waals surface area contributed by atoms with E-state index in [-0.39, 0.29) is 21.9 Å². The standard InChI is InChI=1S/C25H26ClFN2O5/c1-33-20-8-5-17(15-19(20)26)23(30)21-22(16-3-6-18(27)7-4-16)29(25(32)24(21)31)10-2-9-28-11-13-34-14-12-28/h3-8,15,22,30H,2,9-14H2,1H3/b23-21+. The molecule has 4 rings (SSSR count). The van der Waals surface area contributed by atoms with Crippen molar-refractivity contribution < 1.29 is 28.6 Å². The number of aliphatic hydroxyl groups excluding tert-OH is 1. The van der Waals surface area contributed by atoms with Crippen molar-refractivity contribution in [3.8, 4) is 5.75 Å². The van der Waals surface area contributed by atoms with E-state index in [1.165, 1.54) is 42.3 Å². The van der Waals surface area contributed by atoms with Crippen LogP contribution in [0.5, 0.6) is 5.75 Å². The molecular formula is C25H26ClFN2O5. The summed E-state index contributed by atoms with van der Waals surface area (Å²) in [6.45, 7) is 4.03. The van der Waals surface area contributed by atoms with Gasteiger partial charge in [-0.2, -0.15) is 0 Å². The molecule has 0 aromatic heterocycles. The highest BCUT2D eigenvalue weighted by Crippen LogP contribution is 2.40. The molecule has 9 heteroatoms. The first kappa shape index (κ1) is 24.2. The third kappa shape index (κ3) is 4.94. The van der Waals surface area contributed by atoms with Gasteiger partial charge in [0.2, 0.25) is 0 Å². The Morgan fingerprint density at radius 1 is 1.15 bits per heavy atom. The van der Waals surface area contributed by atoms with E-state index in [0.717, 1.165) is 19.6 Å². The van der Waals surface area contributed by atoms with Crippen molar-refractivity contribution in [1.29, 1.82) is 0 Å². The van der Waals surface area contributed by atoms with E-state index in [9.17, 15) is 19.1 Å². The molecule has 2 saturated heterocycles. The summed E-state index contributed by atoms with van der Waals surface area (Å²) in [5.41, 5.74) is 0.765. The van der Waals surface area contributed by atoms with Gasteiger partial charge in [-0.3, -0.25) is 14.5 Å². The van der Waals surface area contributed by atoms with Crippen LogP contribution in [0.1, 0.15) is 23.6 Å². The third-order valence-electron chi connectivity index (χ3n) is 6.13. The maximum atomic E-state index is 13.6. The van der Waals surface area contributed by atoms with Gasteiger partial charge in [-0.25, -0.2) is 4.39 Å². The topological polar surface area (TPSA) is 79.3 Å². The lowest BCUT2D eigenvalue weighted by Gasteiger charge is -2.29. The van der Waals surface area contributed by atoms with Gasteiger partial charge in [0.25, 0.3) is 11.7 Å². The molecule has 1 N–H and O–H groups in total. The van der Waals surface area contributed by atoms with E-state index in [4.69, 9.17) is 21.1 Å². The van der Waals surface area contributed by atoms with Gasteiger partial charge in [-0.05, 0) is 42.3 Å². The highest BCUT2D eigenvalue weighted by atomic mass is 35.5. The quantitative estimate of drug-likeness (QED) is 0.364. The second-order valence-electron chi connectivity index (χ2n) is 8.20. The lowest BCUT2D eigenvalue weighted by Crippen LogP contribution is -2.38. The molecule has 0 aliphatic carbocycles. The number of benzene rings is 2. The van der Waals surface area contributed by atoms with Crippen molar-refractivity contribution in [2.75, 3.05) is 46.5 Å². The van der Waals surface area contributed by atoms with Crippen molar-refractivity contribution in [2.24, 2.45) is 0 Å². The van der Waals surface area contributed by atoms with Gasteiger partial charge in [0, 0.05) is 31.7 Å². The summed E-state index contributed by atoms with van der Waals surface area (Å²) >= 11 is 6.21. The lowest BCUT2D eigenvalue weighted by atomic mass is 9.95. The van der Waals surface area contributed by atoms with Crippen LogP contribution in [-0.2, 0) is 14.3 Å². The van der Waals surface area contributed by atoms with Crippen molar-refractivity contribution in [2.45, 2.75) is 12.5 Å². The number of likely N-dealkylation sites (tertiary alicyclic amines) is 1. The average Bonchev–Trinajstić information content (AvgIpc) is 3.09. The summed E-state index contributed by atoms with van der Waals surface area (Å²) in [7, 11) is 1.47. The van der Waals surface area contributed by atoms with Gasteiger partial charge >= 0.3 is 0 Å². The van der Waals surface area contributed by atoms with E-state index in [1.54, 1.807) is 12.1 Å². The lowest BCUT2D eigenvalue weighted by molar-refractivity contribution is -0.140. The number of halogens is 2. The number of ether oxygens (including phenoxy) is 2. The van der Waals surface area contributed by atoms with Crippen LogP contribution in [0.25, 0.3) is 5.76 Å². The molecule has 2 aromatic rings. The van der Waals surface area contributed by atoms with Crippen LogP contribution in [0.2, 0.25) is 5.02 Å². The molecule has 2 aliphatic rings. The number of carbonyl (C=O) groups is 2. The molecule has 1 atom stereocenters. The fourth-order valence-corrected chi connectivity index (χ4v) is 4.62. The number of hydrogen-bond donors (Lipinski definition) is 1. The van der Waals surface area contributed by atoms with E-state index >= 15 is 0 Å². The molecule has 0 saturated carbocycles. The van der Waals surface area contributed by atoms with Crippen LogP contribution >= 0.6 is 11.6 Å². The Balaban J connectivity index is 1.68. The van der Waals surface area contributed by atoms with Crippen LogP contribution in [0, 0.1) is 5.82 Å². The fraction of sp³-hybridized carbons (Fsp3) is 0.360. The van der Waals surface area contributed by atoms with Gasteiger partial charge in [0.1, 0.15) is 17.3 Å². The van der Waals surface area contributed by atoms with Gasteiger partial charge in [0.15, 0.2) is 0 Å². The van der Waals surface area contributed by atoms with Crippen molar-refractivity contribution in [1.82, 2.24) is 9.80 Å². The van der Waals surface area contributed by atoms with E-state index in [0.29, 0.717) is 37.5 Å². The minimum absolute atomic E-state index is 0.0517. The molecule has 2 heterocycles. The number of carbonyl (C=O) groups excluding carboxylic acids is 2. The normalized spacial score (nSPS) is 20.7. The Bertz CT molecular complexity index is 1100. The average molecular weight is 489 g/mol. The third-order valence-corrected chi connectivity index (χ3v) is 6.42. The Morgan fingerprint density at radius 3 is 2.50 bits per heavy atom. The Hall–Kier alpha value is -2.94. The van der Waals surface area contributed by atoms with Crippen molar-refractivity contribution in [3.63, 3.8) is 0 Å². The van der Waals surface area contributed by atoms with Crippen LogP contribution < -0.4 is 4.74 Å². The van der Waals surface area contributed by atoms with Crippen molar-refractivity contribution >= 4 is 29.1 Å². The molecule has 2 fully saturated rings. The number of nitrogens with zero attached hydrogens (tertiary/aromatic N) is 2. The van der Waals surface area contributed by atoms with Crippen LogP contribution in [0.4, 0.5) is 4.39 Å². The summed E-state index contributed by atoms with van der Waals surface area (Å²) in [5.74, 6) is -1.85. The molecule has 0 radical (unpaired) electrons. The number of hydrogen-bond acceptors (Lipinski definition) is 6. The van der Waals surface area contributed by atoms with Gasteiger partial charge in [-0.1, -0.05) is 23.7 Å². The Labute approximate surface area is 202 Å². The first-order valence-electron chi connectivity index (χ1n) is 11.1. The second kappa shape index (κ2) is 10.5. The molecule has 2 aromatic carbocycles. The largest absolute Gasteiger partial charge is 0.507 e. The highest BCUT2D eigenvalue weighted by Gasteiger charge is 2.45. The fourth-order valence-electron chi connectivity index (χ4n) is 4.36. The maximum absolute atomic E-state index is 13.6. The summed E-state index contributed by atoms with van der Waals surface area (Å²) in [4.78, 5) is 29.8. The smallest absolute Gasteiger partial charge is 0.295 e. The molecule has 7 nitrogen and oxygen atoms in total. The predicted octanol–water partition coefficient (Wildman–Crippen LogP) is 3.63. The van der Waals surface area contributed by atoms with Crippen molar-refractivity contribution in [3.05, 3.63) is 70.0 Å². The zero-order chi connectivity index (χ0) is 24.2. The second-order valence-corrected chi connectivity index (χ2v) is 8.61. The monoisotopic (exact) mass is 488 g/mol. The maximum Gasteiger partial charge on any atom is 0.295 e. The number of morpholine rings is 1. The SMILES string of the molecule is COc1ccc(/C(O)=C2\C(=O)C(=O)N(CCCN3CCOCC3)C2c2ccc(F)cc2)cc1Cl. The molecule has 1 unspecified atom stereocenters. The van der Waals surface area contributed by atoms with Crippen LogP contribution in [0.3, 0.4) is 0 Å². The summed E-state index contributed by atoms with van der Waals surface area (Å²) in [5, 5.41) is 11.4. The van der Waals surface area contributed by atoms with E-state index < -0.39 is 23.5 Å². The molecule has 180 valence electrons. The number of rotatable bonds is 7. The van der Waals surface area contributed by atoms with Gasteiger partial charge in [-0.15, -0.1) is 0 Å². The Morgan fingerprint density at radius 2 is 1.85 bits per heavy atom. The van der Waals surface area contributed by atoms with E-state index in [2.05, 4.69) is 4.90 Å².